The normalized spacial score (nSPS) is 16.0. The zero-order valence-electron chi connectivity index (χ0n) is 19.2. The van der Waals surface area contributed by atoms with Gasteiger partial charge in [0.05, 0.1) is 30.0 Å². The number of amidine groups is 1. The maximum atomic E-state index is 13.6. The fourth-order valence-corrected chi connectivity index (χ4v) is 4.55. The molecule has 1 amide bonds. The van der Waals surface area contributed by atoms with Gasteiger partial charge in [0.15, 0.2) is 16.7 Å². The van der Waals surface area contributed by atoms with Crippen LogP contribution in [0.4, 0.5) is 11.4 Å². The molecular formula is C27H26N2O3S. The summed E-state index contributed by atoms with van der Waals surface area (Å²) in [6, 6.07) is 21.4. The number of anilines is 1. The molecule has 1 aliphatic rings. The van der Waals surface area contributed by atoms with Crippen molar-refractivity contribution in [2.24, 2.45) is 4.99 Å². The Balaban J connectivity index is 1.78. The highest BCUT2D eigenvalue weighted by atomic mass is 32.2. The topological polar surface area (TPSA) is 51.1 Å². The fourth-order valence-electron chi connectivity index (χ4n) is 3.57. The number of rotatable bonds is 6. The molecule has 4 rings (SSSR count). The Morgan fingerprint density at radius 3 is 2.39 bits per heavy atom. The highest BCUT2D eigenvalue weighted by Gasteiger charge is 2.35. The van der Waals surface area contributed by atoms with Crippen molar-refractivity contribution in [3.63, 3.8) is 0 Å². The lowest BCUT2D eigenvalue weighted by Gasteiger charge is -2.18. The average Bonchev–Trinajstić information content (AvgIpc) is 3.11. The minimum absolute atomic E-state index is 0.102. The van der Waals surface area contributed by atoms with Crippen molar-refractivity contribution in [2.45, 2.75) is 20.8 Å². The Labute approximate surface area is 198 Å². The largest absolute Gasteiger partial charge is 0.493 e. The number of hydrogen-bond donors (Lipinski definition) is 0. The van der Waals surface area contributed by atoms with Crippen LogP contribution in [0.1, 0.15) is 23.6 Å². The number of hydrogen-bond acceptors (Lipinski definition) is 5. The van der Waals surface area contributed by atoms with Crippen LogP contribution in [0.25, 0.3) is 6.08 Å². The van der Waals surface area contributed by atoms with E-state index in [2.05, 4.69) is 0 Å². The van der Waals surface area contributed by atoms with Crippen molar-refractivity contribution in [1.82, 2.24) is 0 Å². The Kier molecular flexibility index (Phi) is 6.84. The standard InChI is InChI=1S/C27H26N2O3S/c1-5-32-23-15-14-20(16-24(23)31-4)17-25-26(30)29(22-13-9-7-11-19(22)3)27(33-25)28-21-12-8-6-10-18(21)2/h6-17H,5H2,1-4H3. The molecule has 168 valence electrons. The molecule has 0 spiro atoms. The smallest absolute Gasteiger partial charge is 0.271 e. The van der Waals surface area contributed by atoms with E-state index in [1.54, 1.807) is 12.0 Å². The molecule has 0 unspecified atom stereocenters. The van der Waals surface area contributed by atoms with Gasteiger partial charge < -0.3 is 9.47 Å². The molecule has 1 heterocycles. The summed E-state index contributed by atoms with van der Waals surface area (Å²) in [5.41, 5.74) is 4.59. The quantitative estimate of drug-likeness (QED) is 0.395. The Morgan fingerprint density at radius 1 is 0.970 bits per heavy atom. The third-order valence-electron chi connectivity index (χ3n) is 5.28. The summed E-state index contributed by atoms with van der Waals surface area (Å²) in [5.74, 6) is 1.21. The molecule has 1 aliphatic heterocycles. The van der Waals surface area contributed by atoms with E-state index in [0.29, 0.717) is 28.2 Å². The van der Waals surface area contributed by atoms with Crippen LogP contribution in [0.15, 0.2) is 76.6 Å². The first-order valence-electron chi connectivity index (χ1n) is 10.8. The lowest BCUT2D eigenvalue weighted by atomic mass is 10.1. The van der Waals surface area contributed by atoms with Gasteiger partial charge in [-0.2, -0.15) is 0 Å². The number of aryl methyl sites for hydroxylation is 2. The molecule has 0 aliphatic carbocycles. The van der Waals surface area contributed by atoms with E-state index in [1.807, 2.05) is 93.6 Å². The maximum absolute atomic E-state index is 13.6. The van der Waals surface area contributed by atoms with Crippen LogP contribution in [-0.2, 0) is 4.79 Å². The number of carbonyl (C=O) groups excluding carboxylic acids is 1. The maximum Gasteiger partial charge on any atom is 0.271 e. The SMILES string of the molecule is CCOc1ccc(C=C2SC(=Nc3ccccc3C)N(c3ccccc3C)C2=O)cc1OC. The first-order chi connectivity index (χ1) is 16.0. The minimum Gasteiger partial charge on any atom is -0.493 e. The monoisotopic (exact) mass is 458 g/mol. The van der Waals surface area contributed by atoms with E-state index in [9.17, 15) is 4.79 Å². The van der Waals surface area contributed by atoms with Gasteiger partial charge in [-0.1, -0.05) is 42.5 Å². The summed E-state index contributed by atoms with van der Waals surface area (Å²) in [5, 5.41) is 0.632. The van der Waals surface area contributed by atoms with E-state index in [0.717, 1.165) is 28.1 Å². The van der Waals surface area contributed by atoms with Crippen LogP contribution in [0.2, 0.25) is 0 Å². The number of carbonyl (C=O) groups is 1. The lowest BCUT2D eigenvalue weighted by Crippen LogP contribution is -2.29. The second-order valence-corrected chi connectivity index (χ2v) is 8.57. The molecule has 3 aromatic rings. The number of methoxy groups -OCH3 is 1. The fraction of sp³-hybridized carbons (Fsp3) is 0.185. The van der Waals surface area contributed by atoms with Gasteiger partial charge >= 0.3 is 0 Å². The van der Waals surface area contributed by atoms with Crippen molar-refractivity contribution in [2.75, 3.05) is 18.6 Å². The van der Waals surface area contributed by atoms with E-state index in [-0.39, 0.29) is 5.91 Å². The van der Waals surface area contributed by atoms with Crippen molar-refractivity contribution >= 4 is 40.3 Å². The van der Waals surface area contributed by atoms with Gasteiger partial charge in [0.25, 0.3) is 5.91 Å². The molecule has 0 bridgehead atoms. The van der Waals surface area contributed by atoms with Gasteiger partial charge in [0, 0.05) is 0 Å². The third kappa shape index (κ3) is 4.81. The number of aliphatic imine (C=N–C) groups is 1. The highest BCUT2D eigenvalue weighted by Crippen LogP contribution is 2.39. The van der Waals surface area contributed by atoms with Crippen LogP contribution >= 0.6 is 11.8 Å². The van der Waals surface area contributed by atoms with Gasteiger partial charge in [-0.15, -0.1) is 0 Å². The Morgan fingerprint density at radius 2 is 1.70 bits per heavy atom. The summed E-state index contributed by atoms with van der Waals surface area (Å²) in [6.45, 7) is 6.49. The minimum atomic E-state index is -0.102. The van der Waals surface area contributed by atoms with Crippen molar-refractivity contribution in [3.8, 4) is 11.5 Å². The summed E-state index contributed by atoms with van der Waals surface area (Å²) >= 11 is 1.37. The van der Waals surface area contributed by atoms with Crippen LogP contribution in [-0.4, -0.2) is 24.8 Å². The molecule has 3 aromatic carbocycles. The predicted octanol–water partition coefficient (Wildman–Crippen LogP) is 6.52. The van der Waals surface area contributed by atoms with Crippen molar-refractivity contribution < 1.29 is 14.3 Å². The first kappa shape index (κ1) is 22.7. The average molecular weight is 459 g/mol. The van der Waals surface area contributed by atoms with Gasteiger partial charge in [-0.25, -0.2) is 4.99 Å². The van der Waals surface area contributed by atoms with Crippen LogP contribution in [0.3, 0.4) is 0 Å². The molecule has 0 N–H and O–H groups in total. The van der Waals surface area contributed by atoms with Crippen molar-refractivity contribution in [1.29, 1.82) is 0 Å². The molecule has 5 nitrogen and oxygen atoms in total. The van der Waals surface area contributed by atoms with Gasteiger partial charge in [-0.3, -0.25) is 9.69 Å². The number of amides is 1. The number of para-hydroxylation sites is 2. The molecular weight excluding hydrogens is 432 g/mol. The Bertz CT molecular complexity index is 1250. The van der Waals surface area contributed by atoms with E-state index in [4.69, 9.17) is 14.5 Å². The van der Waals surface area contributed by atoms with E-state index >= 15 is 0 Å². The summed E-state index contributed by atoms with van der Waals surface area (Å²) < 4.78 is 11.1. The van der Waals surface area contributed by atoms with Crippen LogP contribution in [0, 0.1) is 13.8 Å². The second kappa shape index (κ2) is 9.96. The van der Waals surface area contributed by atoms with Crippen molar-refractivity contribution in [3.05, 3.63) is 88.3 Å². The second-order valence-electron chi connectivity index (χ2n) is 7.56. The summed E-state index contributed by atoms with van der Waals surface area (Å²) in [7, 11) is 1.61. The summed E-state index contributed by atoms with van der Waals surface area (Å²) in [4.78, 5) is 20.7. The molecule has 0 aromatic heterocycles. The van der Waals surface area contributed by atoms with E-state index in [1.165, 1.54) is 11.8 Å². The zero-order valence-corrected chi connectivity index (χ0v) is 20.0. The number of thioether (sulfide) groups is 1. The number of benzene rings is 3. The third-order valence-corrected chi connectivity index (χ3v) is 6.25. The number of nitrogens with zero attached hydrogens (tertiary/aromatic N) is 2. The van der Waals surface area contributed by atoms with Crippen LogP contribution in [0.5, 0.6) is 11.5 Å². The molecule has 1 fully saturated rings. The molecule has 0 radical (unpaired) electrons. The molecule has 33 heavy (non-hydrogen) atoms. The highest BCUT2D eigenvalue weighted by molar-refractivity contribution is 8.19. The lowest BCUT2D eigenvalue weighted by molar-refractivity contribution is -0.113. The van der Waals surface area contributed by atoms with Crippen LogP contribution < -0.4 is 14.4 Å². The molecule has 0 saturated carbocycles. The first-order valence-corrected chi connectivity index (χ1v) is 11.6. The summed E-state index contributed by atoms with van der Waals surface area (Å²) in [6.07, 6.45) is 1.87. The molecule has 0 atom stereocenters. The predicted molar refractivity (Wildman–Crippen MR) is 137 cm³/mol. The van der Waals surface area contributed by atoms with Gasteiger partial charge in [0.1, 0.15) is 0 Å². The number of ether oxygens (including phenoxy) is 2. The zero-order chi connectivity index (χ0) is 23.4. The molecule has 6 heteroatoms. The van der Waals surface area contributed by atoms with Gasteiger partial charge in [-0.05, 0) is 79.6 Å². The van der Waals surface area contributed by atoms with Gasteiger partial charge in [0.2, 0.25) is 0 Å². The molecule has 1 saturated heterocycles. The van der Waals surface area contributed by atoms with E-state index < -0.39 is 0 Å². The Hall–Kier alpha value is -3.51.